The summed E-state index contributed by atoms with van der Waals surface area (Å²) in [7, 11) is 3.26. The molecule has 202 valence electrons. The van der Waals surface area contributed by atoms with Gasteiger partial charge in [-0.2, -0.15) is 0 Å². The van der Waals surface area contributed by atoms with Crippen molar-refractivity contribution in [2.24, 2.45) is 0 Å². The number of H-pyrrole nitrogens is 1. The normalized spacial score (nSPS) is 12.7. The summed E-state index contributed by atoms with van der Waals surface area (Å²) in [6.45, 7) is 6.95. The van der Waals surface area contributed by atoms with Crippen LogP contribution in [0.15, 0.2) is 76.1 Å². The number of benzene rings is 2. The number of furan rings is 1. The minimum Gasteiger partial charge on any atom is -0.497 e. The molecule has 3 aromatic heterocycles. The lowest BCUT2D eigenvalue weighted by atomic mass is 10.0. The Kier molecular flexibility index (Phi) is 7.21. The number of methoxy groups -OCH3 is 2. The molecule has 0 amide bonds. The summed E-state index contributed by atoms with van der Waals surface area (Å²) >= 11 is 0. The molecule has 0 aliphatic carbocycles. The van der Waals surface area contributed by atoms with Crippen molar-refractivity contribution >= 4 is 10.9 Å². The Hall–Kier alpha value is -4.44. The number of aromatic amines is 1. The summed E-state index contributed by atoms with van der Waals surface area (Å²) in [5.41, 5.74) is 1.56. The average Bonchev–Trinajstić information content (AvgIpc) is 3.61. The number of rotatable bonds is 9. The Morgan fingerprint density at radius 3 is 2.51 bits per heavy atom. The third-order valence-electron chi connectivity index (χ3n) is 6.57. The fourth-order valence-corrected chi connectivity index (χ4v) is 4.72. The lowest BCUT2D eigenvalue weighted by molar-refractivity contribution is 0.171. The summed E-state index contributed by atoms with van der Waals surface area (Å²) in [4.78, 5) is 18.9. The predicted octanol–water partition coefficient (Wildman–Crippen LogP) is 4.67. The van der Waals surface area contributed by atoms with Gasteiger partial charge in [-0.3, -0.25) is 9.69 Å². The molecule has 39 heavy (non-hydrogen) atoms. The summed E-state index contributed by atoms with van der Waals surface area (Å²) in [6.07, 6.45) is 1.64. The molecule has 10 heteroatoms. The molecule has 0 aliphatic rings. The van der Waals surface area contributed by atoms with E-state index in [1.165, 1.54) is 0 Å². The Bertz CT molecular complexity index is 1620. The smallest absolute Gasteiger partial charge is 0.253 e. The van der Waals surface area contributed by atoms with Crippen molar-refractivity contribution in [3.8, 4) is 11.5 Å². The van der Waals surface area contributed by atoms with Crippen LogP contribution in [0.5, 0.6) is 11.5 Å². The van der Waals surface area contributed by atoms with Crippen molar-refractivity contribution < 1.29 is 13.9 Å². The standard InChI is InChI=1S/C29H32N6O4/c1-29(2,3)35-27(31-32-33-35)26(24-16-20-15-22(38-5)11-12-25(20)30-28(24)36)34(18-23-10-7-13-39-23)17-19-8-6-9-21(14-19)37-4/h6-16,26H,17-18H2,1-5H3,(H,30,36). The van der Waals surface area contributed by atoms with Gasteiger partial charge in [-0.25, -0.2) is 4.68 Å². The van der Waals surface area contributed by atoms with E-state index >= 15 is 0 Å². The number of tetrazole rings is 1. The Morgan fingerprint density at radius 1 is 1.00 bits per heavy atom. The van der Waals surface area contributed by atoms with Gasteiger partial charge < -0.3 is 18.9 Å². The van der Waals surface area contributed by atoms with E-state index in [9.17, 15) is 4.79 Å². The van der Waals surface area contributed by atoms with Gasteiger partial charge >= 0.3 is 0 Å². The highest BCUT2D eigenvalue weighted by atomic mass is 16.5. The second-order valence-electron chi connectivity index (χ2n) is 10.4. The quantitative estimate of drug-likeness (QED) is 0.294. The van der Waals surface area contributed by atoms with Gasteiger partial charge in [0.15, 0.2) is 5.82 Å². The molecule has 5 aromatic rings. The van der Waals surface area contributed by atoms with Crippen molar-refractivity contribution in [2.45, 2.75) is 45.4 Å². The molecule has 0 spiro atoms. The van der Waals surface area contributed by atoms with Crippen LogP contribution in [0.1, 0.15) is 49.5 Å². The number of nitrogens with one attached hydrogen (secondary N) is 1. The highest BCUT2D eigenvalue weighted by Crippen LogP contribution is 2.33. The molecule has 0 aliphatic heterocycles. The monoisotopic (exact) mass is 528 g/mol. The van der Waals surface area contributed by atoms with Crippen molar-refractivity contribution in [1.29, 1.82) is 0 Å². The minimum atomic E-state index is -0.616. The van der Waals surface area contributed by atoms with E-state index in [0.717, 1.165) is 22.5 Å². The molecule has 5 rings (SSSR count). The van der Waals surface area contributed by atoms with Crippen molar-refractivity contribution in [2.75, 3.05) is 14.2 Å². The topological polar surface area (TPSA) is 111 Å². The van der Waals surface area contributed by atoms with Gasteiger partial charge in [-0.05, 0) is 85.3 Å². The molecule has 0 saturated carbocycles. The van der Waals surface area contributed by atoms with Crippen LogP contribution in [0.2, 0.25) is 0 Å². The number of ether oxygens (including phenoxy) is 2. The van der Waals surface area contributed by atoms with E-state index in [4.69, 9.17) is 13.9 Å². The lowest BCUT2D eigenvalue weighted by Gasteiger charge is -2.32. The third-order valence-corrected chi connectivity index (χ3v) is 6.57. The molecular formula is C29H32N6O4. The molecule has 10 nitrogen and oxygen atoms in total. The van der Waals surface area contributed by atoms with Crippen LogP contribution in [-0.4, -0.2) is 44.3 Å². The van der Waals surface area contributed by atoms with Gasteiger partial charge in [0.25, 0.3) is 5.56 Å². The lowest BCUT2D eigenvalue weighted by Crippen LogP contribution is -2.37. The highest BCUT2D eigenvalue weighted by molar-refractivity contribution is 5.80. The molecule has 1 unspecified atom stereocenters. The third kappa shape index (κ3) is 5.56. The zero-order chi connectivity index (χ0) is 27.6. The first-order valence-electron chi connectivity index (χ1n) is 12.7. The van der Waals surface area contributed by atoms with Gasteiger partial charge in [-0.15, -0.1) is 5.10 Å². The van der Waals surface area contributed by atoms with Crippen LogP contribution < -0.4 is 15.0 Å². The Morgan fingerprint density at radius 2 is 1.79 bits per heavy atom. The first kappa shape index (κ1) is 26.2. The van der Waals surface area contributed by atoms with Crippen molar-refractivity contribution in [3.05, 3.63) is 100.0 Å². The van der Waals surface area contributed by atoms with Crippen LogP contribution in [0.3, 0.4) is 0 Å². The highest BCUT2D eigenvalue weighted by Gasteiger charge is 2.34. The number of hydrogen-bond acceptors (Lipinski definition) is 8. The number of fused-ring (bicyclic) bond motifs is 1. The van der Waals surface area contributed by atoms with Crippen LogP contribution >= 0.6 is 0 Å². The van der Waals surface area contributed by atoms with E-state index < -0.39 is 11.6 Å². The molecule has 2 aromatic carbocycles. The minimum absolute atomic E-state index is 0.226. The Labute approximate surface area is 226 Å². The van der Waals surface area contributed by atoms with Crippen LogP contribution in [-0.2, 0) is 18.6 Å². The van der Waals surface area contributed by atoms with Gasteiger partial charge in [0.1, 0.15) is 23.3 Å². The van der Waals surface area contributed by atoms with E-state index in [2.05, 4.69) is 25.4 Å². The number of hydrogen-bond donors (Lipinski definition) is 1. The first-order valence-corrected chi connectivity index (χ1v) is 12.7. The molecule has 0 bridgehead atoms. The number of nitrogens with zero attached hydrogens (tertiary/aromatic N) is 5. The summed E-state index contributed by atoms with van der Waals surface area (Å²) in [5.74, 6) is 2.74. The molecule has 0 fully saturated rings. The van der Waals surface area contributed by atoms with Crippen molar-refractivity contribution in [3.63, 3.8) is 0 Å². The average molecular weight is 529 g/mol. The summed E-state index contributed by atoms with van der Waals surface area (Å²) in [5, 5.41) is 13.7. The van der Waals surface area contributed by atoms with E-state index in [1.807, 2.05) is 81.4 Å². The van der Waals surface area contributed by atoms with Gasteiger partial charge in [0.05, 0.1) is 32.6 Å². The van der Waals surface area contributed by atoms with Crippen LogP contribution in [0.4, 0.5) is 0 Å². The van der Waals surface area contributed by atoms with E-state index in [1.54, 1.807) is 25.2 Å². The maximum absolute atomic E-state index is 13.7. The van der Waals surface area contributed by atoms with Crippen molar-refractivity contribution in [1.82, 2.24) is 30.1 Å². The maximum atomic E-state index is 13.7. The first-order chi connectivity index (χ1) is 18.8. The molecule has 1 atom stereocenters. The van der Waals surface area contributed by atoms with Gasteiger partial charge in [0, 0.05) is 23.0 Å². The molecule has 3 heterocycles. The fraction of sp³-hybridized carbons (Fsp3) is 0.310. The number of pyridine rings is 1. The molecule has 1 N–H and O–H groups in total. The summed E-state index contributed by atoms with van der Waals surface area (Å²) in [6, 6.07) is 18.5. The fourth-order valence-electron chi connectivity index (χ4n) is 4.72. The maximum Gasteiger partial charge on any atom is 0.253 e. The predicted molar refractivity (Wildman–Crippen MR) is 147 cm³/mol. The SMILES string of the molecule is COc1cccc(CN(Cc2ccco2)C(c2cc3cc(OC)ccc3[nH]c2=O)c2nnnn2C(C)(C)C)c1. The zero-order valence-electron chi connectivity index (χ0n) is 22.7. The molecular weight excluding hydrogens is 496 g/mol. The van der Waals surface area contributed by atoms with E-state index in [0.29, 0.717) is 35.7 Å². The second-order valence-corrected chi connectivity index (χ2v) is 10.4. The van der Waals surface area contributed by atoms with E-state index in [-0.39, 0.29) is 5.56 Å². The van der Waals surface area contributed by atoms with Gasteiger partial charge in [-0.1, -0.05) is 12.1 Å². The van der Waals surface area contributed by atoms with Crippen LogP contribution in [0, 0.1) is 0 Å². The molecule has 0 saturated heterocycles. The Balaban J connectivity index is 1.73. The van der Waals surface area contributed by atoms with Crippen LogP contribution in [0.25, 0.3) is 10.9 Å². The second kappa shape index (κ2) is 10.7. The molecule has 0 radical (unpaired) electrons. The largest absolute Gasteiger partial charge is 0.497 e. The summed E-state index contributed by atoms with van der Waals surface area (Å²) < 4.78 is 18.4. The number of aromatic nitrogens is 5. The zero-order valence-corrected chi connectivity index (χ0v) is 22.7. The van der Waals surface area contributed by atoms with Gasteiger partial charge in [0.2, 0.25) is 0 Å².